The fourth-order valence-electron chi connectivity index (χ4n) is 2.89. The molecule has 0 radical (unpaired) electrons. The molecule has 0 spiro atoms. The second-order valence-electron chi connectivity index (χ2n) is 5.35. The predicted octanol–water partition coefficient (Wildman–Crippen LogP) is 3.76. The van der Waals surface area contributed by atoms with E-state index in [-0.39, 0.29) is 6.10 Å². The molecule has 18 heavy (non-hydrogen) atoms. The zero-order valence-electron chi connectivity index (χ0n) is 11.6. The third kappa shape index (κ3) is 2.86. The van der Waals surface area contributed by atoms with Gasteiger partial charge >= 0.3 is 0 Å². The Morgan fingerprint density at radius 2 is 2.11 bits per heavy atom. The van der Waals surface area contributed by atoms with E-state index in [0.29, 0.717) is 0 Å². The highest BCUT2D eigenvalue weighted by Gasteiger charge is 2.21. The Kier molecular flexibility index (Phi) is 4.65. The van der Waals surface area contributed by atoms with Crippen molar-refractivity contribution >= 4 is 5.69 Å². The molecule has 1 aromatic rings. The minimum absolute atomic E-state index is 0.330. The second kappa shape index (κ2) is 6.24. The maximum absolute atomic E-state index is 10.1. The van der Waals surface area contributed by atoms with Gasteiger partial charge < -0.3 is 10.0 Å². The molecule has 1 heterocycles. The highest BCUT2D eigenvalue weighted by Crippen LogP contribution is 2.31. The topological polar surface area (TPSA) is 23.5 Å². The first kappa shape index (κ1) is 13.4. The standard InChI is InChI=1S/C16H25NO/c1-3-13-8-7-11-17(12-13)15-10-6-5-9-14(15)16(18)4-2/h5-6,9-10,13,16,18H,3-4,7-8,11-12H2,1-2H3. The summed E-state index contributed by atoms with van der Waals surface area (Å²) in [5, 5.41) is 10.1. The van der Waals surface area contributed by atoms with E-state index in [1.807, 2.05) is 13.0 Å². The predicted molar refractivity (Wildman–Crippen MR) is 76.9 cm³/mol. The summed E-state index contributed by atoms with van der Waals surface area (Å²) in [7, 11) is 0. The van der Waals surface area contributed by atoms with Crippen LogP contribution in [0.2, 0.25) is 0 Å². The largest absolute Gasteiger partial charge is 0.388 e. The van der Waals surface area contributed by atoms with Crippen LogP contribution in [0.4, 0.5) is 5.69 Å². The van der Waals surface area contributed by atoms with Crippen molar-refractivity contribution < 1.29 is 5.11 Å². The van der Waals surface area contributed by atoms with E-state index < -0.39 is 0 Å². The molecule has 2 nitrogen and oxygen atoms in total. The third-order valence-corrected chi connectivity index (χ3v) is 4.12. The molecule has 0 aromatic heterocycles. The van der Waals surface area contributed by atoms with Gasteiger partial charge in [-0.05, 0) is 31.2 Å². The highest BCUT2D eigenvalue weighted by atomic mass is 16.3. The van der Waals surface area contributed by atoms with Crippen LogP contribution in [0, 0.1) is 5.92 Å². The average molecular weight is 247 g/mol. The molecule has 0 saturated carbocycles. The molecule has 1 saturated heterocycles. The minimum atomic E-state index is -0.330. The lowest BCUT2D eigenvalue weighted by Crippen LogP contribution is -2.35. The molecule has 1 aliphatic heterocycles. The number of benzene rings is 1. The van der Waals surface area contributed by atoms with Crippen molar-refractivity contribution in [2.75, 3.05) is 18.0 Å². The molecule has 100 valence electrons. The molecule has 2 rings (SSSR count). The zero-order chi connectivity index (χ0) is 13.0. The van der Waals surface area contributed by atoms with E-state index in [9.17, 15) is 5.11 Å². The van der Waals surface area contributed by atoms with Crippen LogP contribution >= 0.6 is 0 Å². The molecular weight excluding hydrogens is 222 g/mol. The molecule has 0 aliphatic carbocycles. The van der Waals surface area contributed by atoms with Gasteiger partial charge in [-0.1, -0.05) is 38.5 Å². The van der Waals surface area contributed by atoms with Crippen LogP contribution in [0.15, 0.2) is 24.3 Å². The van der Waals surface area contributed by atoms with Crippen LogP contribution < -0.4 is 4.90 Å². The average Bonchev–Trinajstić information content (AvgIpc) is 2.46. The molecule has 1 aromatic carbocycles. The Balaban J connectivity index is 2.21. The fraction of sp³-hybridized carbons (Fsp3) is 0.625. The number of para-hydroxylation sites is 1. The maximum Gasteiger partial charge on any atom is 0.0807 e. The molecule has 2 unspecified atom stereocenters. The molecule has 0 bridgehead atoms. The van der Waals surface area contributed by atoms with Gasteiger partial charge in [0.25, 0.3) is 0 Å². The van der Waals surface area contributed by atoms with Crippen LogP contribution in [-0.4, -0.2) is 18.2 Å². The van der Waals surface area contributed by atoms with Gasteiger partial charge in [-0.25, -0.2) is 0 Å². The van der Waals surface area contributed by atoms with Crippen molar-refractivity contribution in [3.8, 4) is 0 Å². The van der Waals surface area contributed by atoms with Gasteiger partial charge in [-0.3, -0.25) is 0 Å². The van der Waals surface area contributed by atoms with Gasteiger partial charge in [-0.2, -0.15) is 0 Å². The molecule has 0 amide bonds. The van der Waals surface area contributed by atoms with Crippen LogP contribution in [0.1, 0.15) is 51.2 Å². The maximum atomic E-state index is 10.1. The third-order valence-electron chi connectivity index (χ3n) is 4.12. The van der Waals surface area contributed by atoms with Crippen molar-refractivity contribution in [1.29, 1.82) is 0 Å². The normalized spacial score (nSPS) is 21.9. The first-order chi connectivity index (χ1) is 8.76. The van der Waals surface area contributed by atoms with Gasteiger partial charge in [0.2, 0.25) is 0 Å². The lowest BCUT2D eigenvalue weighted by atomic mass is 9.94. The Hall–Kier alpha value is -1.02. The number of aliphatic hydroxyl groups is 1. The van der Waals surface area contributed by atoms with Gasteiger partial charge in [-0.15, -0.1) is 0 Å². The molecule has 1 aliphatic rings. The number of rotatable bonds is 4. The first-order valence-electron chi connectivity index (χ1n) is 7.28. The van der Waals surface area contributed by atoms with Gasteiger partial charge in [0, 0.05) is 24.3 Å². The molecule has 1 N–H and O–H groups in total. The van der Waals surface area contributed by atoms with Crippen molar-refractivity contribution in [2.24, 2.45) is 5.92 Å². The van der Waals surface area contributed by atoms with Gasteiger partial charge in [0.15, 0.2) is 0 Å². The smallest absolute Gasteiger partial charge is 0.0807 e. The minimum Gasteiger partial charge on any atom is -0.388 e. The van der Waals surface area contributed by atoms with E-state index in [2.05, 4.69) is 30.0 Å². The number of hydrogen-bond donors (Lipinski definition) is 1. The van der Waals surface area contributed by atoms with Gasteiger partial charge in [0.1, 0.15) is 0 Å². The Morgan fingerprint density at radius 1 is 1.33 bits per heavy atom. The van der Waals surface area contributed by atoms with E-state index >= 15 is 0 Å². The molecule has 2 atom stereocenters. The lowest BCUT2D eigenvalue weighted by molar-refractivity contribution is 0.174. The molecular formula is C16H25NO. The summed E-state index contributed by atoms with van der Waals surface area (Å²) in [5.41, 5.74) is 2.33. The Labute approximate surface area is 111 Å². The number of hydrogen-bond acceptors (Lipinski definition) is 2. The van der Waals surface area contributed by atoms with E-state index in [1.165, 1.54) is 24.9 Å². The van der Waals surface area contributed by atoms with Gasteiger partial charge in [0.05, 0.1) is 6.10 Å². The van der Waals surface area contributed by atoms with E-state index in [0.717, 1.165) is 31.0 Å². The molecule has 1 fully saturated rings. The zero-order valence-corrected chi connectivity index (χ0v) is 11.6. The van der Waals surface area contributed by atoms with Crippen LogP contribution in [0.5, 0.6) is 0 Å². The Morgan fingerprint density at radius 3 is 2.83 bits per heavy atom. The fourth-order valence-corrected chi connectivity index (χ4v) is 2.89. The highest BCUT2D eigenvalue weighted by molar-refractivity contribution is 5.55. The van der Waals surface area contributed by atoms with Crippen LogP contribution in [-0.2, 0) is 0 Å². The summed E-state index contributed by atoms with van der Waals surface area (Å²) in [5.74, 6) is 0.811. The second-order valence-corrected chi connectivity index (χ2v) is 5.35. The van der Waals surface area contributed by atoms with E-state index in [4.69, 9.17) is 0 Å². The summed E-state index contributed by atoms with van der Waals surface area (Å²) >= 11 is 0. The van der Waals surface area contributed by atoms with Crippen molar-refractivity contribution in [3.63, 3.8) is 0 Å². The number of aliphatic hydroxyl groups excluding tert-OH is 1. The molecule has 2 heteroatoms. The summed E-state index contributed by atoms with van der Waals surface area (Å²) in [4.78, 5) is 2.46. The summed E-state index contributed by atoms with van der Waals surface area (Å²) < 4.78 is 0. The van der Waals surface area contributed by atoms with Crippen LogP contribution in [0.25, 0.3) is 0 Å². The number of anilines is 1. The number of nitrogens with zero attached hydrogens (tertiary/aromatic N) is 1. The number of piperidine rings is 1. The SMILES string of the molecule is CCC1CCCN(c2ccccc2C(O)CC)C1. The van der Waals surface area contributed by atoms with Crippen molar-refractivity contribution in [3.05, 3.63) is 29.8 Å². The van der Waals surface area contributed by atoms with Crippen molar-refractivity contribution in [1.82, 2.24) is 0 Å². The monoisotopic (exact) mass is 247 g/mol. The summed E-state index contributed by atoms with van der Waals surface area (Å²) in [6.45, 7) is 6.58. The Bertz CT molecular complexity index is 377. The first-order valence-corrected chi connectivity index (χ1v) is 7.28. The van der Waals surface area contributed by atoms with E-state index in [1.54, 1.807) is 0 Å². The lowest BCUT2D eigenvalue weighted by Gasteiger charge is -2.35. The van der Waals surface area contributed by atoms with Crippen LogP contribution in [0.3, 0.4) is 0 Å². The van der Waals surface area contributed by atoms with Crippen molar-refractivity contribution in [2.45, 2.75) is 45.6 Å². The summed E-state index contributed by atoms with van der Waals surface area (Å²) in [6, 6.07) is 8.33. The summed E-state index contributed by atoms with van der Waals surface area (Å²) in [6.07, 6.45) is 4.33. The quantitative estimate of drug-likeness (QED) is 0.875.